The predicted molar refractivity (Wildman–Crippen MR) is 30.7 cm³/mol. The Morgan fingerprint density at radius 3 is 3.00 bits per heavy atom. The van der Waals surface area contributed by atoms with Crippen molar-refractivity contribution in [1.82, 2.24) is 0 Å². The first-order valence-electron chi connectivity index (χ1n) is 2.59. The van der Waals surface area contributed by atoms with Crippen LogP contribution in [0.4, 0.5) is 0 Å². The van der Waals surface area contributed by atoms with Gasteiger partial charge in [-0.2, -0.15) is 0 Å². The van der Waals surface area contributed by atoms with Crippen molar-refractivity contribution < 1.29 is 14.3 Å². The average Bonchev–Trinajstić information content (AvgIpc) is 2.37. The zero-order valence-corrected chi connectivity index (χ0v) is 5.07. The van der Waals surface area contributed by atoms with Crippen LogP contribution in [0.3, 0.4) is 0 Å². The maximum Gasteiger partial charge on any atom is 0.214 e. The zero-order valence-electron chi connectivity index (χ0n) is 5.07. The van der Waals surface area contributed by atoms with E-state index in [4.69, 9.17) is 9.52 Å². The highest BCUT2D eigenvalue weighted by Crippen LogP contribution is 2.11. The van der Waals surface area contributed by atoms with E-state index in [0.717, 1.165) is 0 Å². The SMILES string of the molecule is COC(O)c1ccco1. The van der Waals surface area contributed by atoms with Crippen LogP contribution >= 0.6 is 0 Å². The average molecular weight is 128 g/mol. The molecule has 3 nitrogen and oxygen atoms in total. The van der Waals surface area contributed by atoms with Crippen molar-refractivity contribution in [2.24, 2.45) is 0 Å². The molecule has 0 fully saturated rings. The van der Waals surface area contributed by atoms with E-state index in [1.54, 1.807) is 12.1 Å². The zero-order chi connectivity index (χ0) is 6.69. The lowest BCUT2D eigenvalue weighted by atomic mass is 10.4. The molecule has 9 heavy (non-hydrogen) atoms. The Labute approximate surface area is 52.9 Å². The van der Waals surface area contributed by atoms with Crippen LogP contribution in [0.1, 0.15) is 12.1 Å². The lowest BCUT2D eigenvalue weighted by Crippen LogP contribution is -1.96. The van der Waals surface area contributed by atoms with Crippen molar-refractivity contribution in [2.45, 2.75) is 6.29 Å². The Morgan fingerprint density at radius 2 is 2.56 bits per heavy atom. The molecule has 0 saturated heterocycles. The summed E-state index contributed by atoms with van der Waals surface area (Å²) in [6, 6.07) is 3.34. The van der Waals surface area contributed by atoms with E-state index in [1.807, 2.05) is 0 Å². The number of rotatable bonds is 2. The molecule has 0 saturated carbocycles. The smallest absolute Gasteiger partial charge is 0.214 e. The van der Waals surface area contributed by atoms with Crippen LogP contribution in [0.2, 0.25) is 0 Å². The maximum atomic E-state index is 8.90. The molecule has 1 aromatic heterocycles. The van der Waals surface area contributed by atoms with E-state index >= 15 is 0 Å². The second kappa shape index (κ2) is 2.66. The molecule has 1 aromatic rings. The van der Waals surface area contributed by atoms with Crippen molar-refractivity contribution in [1.29, 1.82) is 0 Å². The van der Waals surface area contributed by atoms with Crippen molar-refractivity contribution in [3.05, 3.63) is 24.2 Å². The van der Waals surface area contributed by atoms with Gasteiger partial charge in [0.15, 0.2) is 5.76 Å². The molecule has 1 rings (SSSR count). The second-order valence-electron chi connectivity index (χ2n) is 1.60. The molecule has 0 aliphatic heterocycles. The van der Waals surface area contributed by atoms with Crippen LogP contribution in [-0.4, -0.2) is 12.2 Å². The van der Waals surface area contributed by atoms with Gasteiger partial charge in [0.2, 0.25) is 6.29 Å². The summed E-state index contributed by atoms with van der Waals surface area (Å²) in [5.74, 6) is 0.428. The highest BCUT2D eigenvalue weighted by atomic mass is 16.6. The fourth-order valence-corrected chi connectivity index (χ4v) is 0.548. The van der Waals surface area contributed by atoms with E-state index in [-0.39, 0.29) is 0 Å². The van der Waals surface area contributed by atoms with Gasteiger partial charge in [-0.3, -0.25) is 0 Å². The van der Waals surface area contributed by atoms with Crippen molar-refractivity contribution in [3.63, 3.8) is 0 Å². The number of aliphatic hydroxyl groups is 1. The summed E-state index contributed by atoms with van der Waals surface area (Å²) in [7, 11) is 1.41. The predicted octanol–water partition coefficient (Wildman–Crippen LogP) is 0.917. The van der Waals surface area contributed by atoms with Crippen molar-refractivity contribution >= 4 is 0 Å². The molecule has 50 valence electrons. The molecule has 0 spiro atoms. The Kier molecular flexibility index (Phi) is 1.87. The van der Waals surface area contributed by atoms with Crippen LogP contribution in [0, 0.1) is 0 Å². The highest BCUT2D eigenvalue weighted by Gasteiger charge is 2.06. The Hall–Kier alpha value is -0.800. The van der Waals surface area contributed by atoms with Crippen LogP contribution in [0.15, 0.2) is 22.8 Å². The van der Waals surface area contributed by atoms with Gasteiger partial charge >= 0.3 is 0 Å². The van der Waals surface area contributed by atoms with Crippen LogP contribution in [0.25, 0.3) is 0 Å². The molecule has 1 N–H and O–H groups in total. The summed E-state index contributed by atoms with van der Waals surface area (Å²) >= 11 is 0. The summed E-state index contributed by atoms with van der Waals surface area (Å²) in [4.78, 5) is 0. The van der Waals surface area contributed by atoms with Gasteiger partial charge in [-0.15, -0.1) is 0 Å². The summed E-state index contributed by atoms with van der Waals surface area (Å²) in [6.45, 7) is 0. The van der Waals surface area contributed by atoms with Gasteiger partial charge in [-0.1, -0.05) is 0 Å². The monoisotopic (exact) mass is 128 g/mol. The Morgan fingerprint density at radius 1 is 1.78 bits per heavy atom. The van der Waals surface area contributed by atoms with Gasteiger partial charge in [-0.25, -0.2) is 0 Å². The molecular formula is C6H8O3. The van der Waals surface area contributed by atoms with Gasteiger partial charge in [0.05, 0.1) is 6.26 Å². The molecule has 1 heterocycles. The number of furan rings is 1. The maximum absolute atomic E-state index is 8.90. The largest absolute Gasteiger partial charge is 0.464 e. The third kappa shape index (κ3) is 1.31. The molecule has 1 unspecified atom stereocenters. The normalized spacial score (nSPS) is 13.6. The van der Waals surface area contributed by atoms with Gasteiger partial charge < -0.3 is 14.3 Å². The van der Waals surface area contributed by atoms with Gasteiger partial charge in [0.25, 0.3) is 0 Å². The lowest BCUT2D eigenvalue weighted by molar-refractivity contribution is -0.0902. The van der Waals surface area contributed by atoms with E-state index in [9.17, 15) is 0 Å². The van der Waals surface area contributed by atoms with E-state index < -0.39 is 6.29 Å². The van der Waals surface area contributed by atoms with E-state index in [0.29, 0.717) is 5.76 Å². The Bertz CT molecular complexity index is 157. The minimum Gasteiger partial charge on any atom is -0.464 e. The van der Waals surface area contributed by atoms with Gasteiger partial charge in [0.1, 0.15) is 0 Å². The molecular weight excluding hydrogens is 120 g/mol. The highest BCUT2D eigenvalue weighted by molar-refractivity contribution is 4.98. The molecule has 3 heteroatoms. The minimum atomic E-state index is -0.931. The van der Waals surface area contributed by atoms with Crippen molar-refractivity contribution in [3.8, 4) is 0 Å². The van der Waals surface area contributed by atoms with Gasteiger partial charge in [-0.05, 0) is 12.1 Å². The van der Waals surface area contributed by atoms with Crippen LogP contribution < -0.4 is 0 Å². The lowest BCUT2D eigenvalue weighted by Gasteiger charge is -2.01. The molecule has 0 radical (unpaired) electrons. The molecule has 0 amide bonds. The summed E-state index contributed by atoms with van der Waals surface area (Å²) in [5, 5.41) is 8.90. The fourth-order valence-electron chi connectivity index (χ4n) is 0.548. The number of methoxy groups -OCH3 is 1. The van der Waals surface area contributed by atoms with Crippen LogP contribution in [-0.2, 0) is 4.74 Å². The minimum absolute atomic E-state index is 0.428. The number of hydrogen-bond acceptors (Lipinski definition) is 3. The fraction of sp³-hybridized carbons (Fsp3) is 0.333. The molecule has 0 aliphatic carbocycles. The summed E-state index contributed by atoms with van der Waals surface area (Å²) in [5.41, 5.74) is 0. The second-order valence-corrected chi connectivity index (χ2v) is 1.60. The van der Waals surface area contributed by atoms with Crippen LogP contribution in [0.5, 0.6) is 0 Å². The topological polar surface area (TPSA) is 42.6 Å². The summed E-state index contributed by atoms with van der Waals surface area (Å²) in [6.07, 6.45) is 0.553. The first-order chi connectivity index (χ1) is 4.34. The number of ether oxygens (including phenoxy) is 1. The van der Waals surface area contributed by atoms with E-state index in [2.05, 4.69) is 4.74 Å². The summed E-state index contributed by atoms with van der Waals surface area (Å²) < 4.78 is 9.37. The first kappa shape index (κ1) is 6.32. The standard InChI is InChI=1S/C6H8O3/c1-8-6(7)5-3-2-4-9-5/h2-4,6-7H,1H3. The third-order valence-electron chi connectivity index (χ3n) is 1.01. The van der Waals surface area contributed by atoms with Crippen molar-refractivity contribution in [2.75, 3.05) is 7.11 Å². The molecule has 1 atom stereocenters. The first-order valence-corrected chi connectivity index (χ1v) is 2.59. The quantitative estimate of drug-likeness (QED) is 0.602. The molecule has 0 bridgehead atoms. The number of aliphatic hydroxyl groups excluding tert-OH is 1. The Balaban J connectivity index is 2.65. The molecule has 0 aromatic carbocycles. The van der Waals surface area contributed by atoms with E-state index in [1.165, 1.54) is 13.4 Å². The molecule has 0 aliphatic rings. The number of hydrogen-bond donors (Lipinski definition) is 1. The third-order valence-corrected chi connectivity index (χ3v) is 1.01. The van der Waals surface area contributed by atoms with Gasteiger partial charge in [0, 0.05) is 7.11 Å².